The summed E-state index contributed by atoms with van der Waals surface area (Å²) >= 11 is 0. The molecule has 1 atom stereocenters. The summed E-state index contributed by atoms with van der Waals surface area (Å²) in [6.45, 7) is 7.75. The van der Waals surface area contributed by atoms with E-state index >= 15 is 0 Å². The summed E-state index contributed by atoms with van der Waals surface area (Å²) < 4.78 is 1.66. The molecule has 2 aromatic heterocycles. The minimum Gasteiger partial charge on any atom is -0.298 e. The number of allylic oxidation sites excluding steroid dienone is 1. The lowest BCUT2D eigenvalue weighted by Gasteiger charge is -2.05. The highest BCUT2D eigenvalue weighted by molar-refractivity contribution is 5.76. The second-order valence-corrected chi connectivity index (χ2v) is 4.65. The van der Waals surface area contributed by atoms with Crippen molar-refractivity contribution in [2.45, 2.75) is 26.2 Å². The number of aromatic nitrogens is 3. The van der Waals surface area contributed by atoms with Crippen LogP contribution in [0, 0.1) is 6.92 Å². The third-order valence-corrected chi connectivity index (χ3v) is 3.02. The largest absolute Gasteiger partial charge is 0.298 e. The van der Waals surface area contributed by atoms with Crippen LogP contribution in [0.4, 0.5) is 0 Å². The summed E-state index contributed by atoms with van der Waals surface area (Å²) in [5, 5.41) is 4.49. The number of carbonyl (C=O) groups is 1. The van der Waals surface area contributed by atoms with Gasteiger partial charge >= 0.3 is 0 Å². The zero-order chi connectivity index (χ0) is 13.8. The van der Waals surface area contributed by atoms with E-state index in [1.54, 1.807) is 17.1 Å². The molecule has 0 fully saturated rings. The highest BCUT2D eigenvalue weighted by Crippen LogP contribution is 2.21. The fourth-order valence-electron chi connectivity index (χ4n) is 2.00. The van der Waals surface area contributed by atoms with Crippen LogP contribution in [-0.2, 0) is 0 Å². The Balaban J connectivity index is 2.43. The maximum Gasteiger partial charge on any atom is 0.153 e. The highest BCUT2D eigenvalue weighted by Gasteiger charge is 2.15. The zero-order valence-corrected chi connectivity index (χ0v) is 11.2. The number of carbonyl (C=O) groups excluding carboxylic acids is 1. The number of aldehydes is 1. The van der Waals surface area contributed by atoms with Crippen LogP contribution in [0.5, 0.6) is 0 Å². The molecular weight excluding hydrogens is 238 g/mol. The minimum absolute atomic E-state index is 0.170. The number of nitrogens with zero attached hydrogens (tertiary/aromatic N) is 3. The van der Waals surface area contributed by atoms with E-state index in [1.165, 1.54) is 0 Å². The van der Waals surface area contributed by atoms with Crippen molar-refractivity contribution >= 4 is 6.29 Å². The van der Waals surface area contributed by atoms with Crippen molar-refractivity contribution in [2.75, 3.05) is 0 Å². The van der Waals surface area contributed by atoms with E-state index in [-0.39, 0.29) is 5.92 Å². The highest BCUT2D eigenvalue weighted by atomic mass is 16.1. The molecule has 0 radical (unpaired) electrons. The molecule has 1 unspecified atom stereocenters. The van der Waals surface area contributed by atoms with Gasteiger partial charge in [-0.2, -0.15) is 5.10 Å². The van der Waals surface area contributed by atoms with Crippen LogP contribution in [0.15, 0.2) is 37.2 Å². The second kappa shape index (κ2) is 5.61. The number of hydrogen-bond donors (Lipinski definition) is 0. The first kappa shape index (κ1) is 13.2. The molecule has 4 heteroatoms. The first-order valence-electron chi connectivity index (χ1n) is 6.24. The van der Waals surface area contributed by atoms with E-state index in [0.29, 0.717) is 5.56 Å². The average molecular weight is 255 g/mol. The van der Waals surface area contributed by atoms with Gasteiger partial charge in [0.25, 0.3) is 0 Å². The zero-order valence-electron chi connectivity index (χ0n) is 11.2. The Kier molecular flexibility index (Phi) is 3.90. The van der Waals surface area contributed by atoms with E-state index in [1.807, 2.05) is 32.1 Å². The van der Waals surface area contributed by atoms with E-state index in [2.05, 4.69) is 16.7 Å². The average Bonchev–Trinajstić information content (AvgIpc) is 2.83. The van der Waals surface area contributed by atoms with E-state index < -0.39 is 0 Å². The summed E-state index contributed by atoms with van der Waals surface area (Å²) in [6, 6.07) is 3.86. The number of rotatable bonds is 5. The molecule has 4 nitrogen and oxygen atoms in total. The van der Waals surface area contributed by atoms with Gasteiger partial charge in [-0.1, -0.05) is 13.0 Å². The van der Waals surface area contributed by atoms with Gasteiger partial charge in [-0.15, -0.1) is 6.58 Å². The Morgan fingerprint density at radius 3 is 2.95 bits per heavy atom. The van der Waals surface area contributed by atoms with Gasteiger partial charge in [0.1, 0.15) is 0 Å². The molecule has 19 heavy (non-hydrogen) atoms. The molecule has 2 aromatic rings. The van der Waals surface area contributed by atoms with Gasteiger partial charge in [-0.3, -0.25) is 4.79 Å². The maximum atomic E-state index is 11.1. The molecular formula is C15H17N3O. The lowest BCUT2D eigenvalue weighted by Crippen LogP contribution is -2.01. The molecule has 0 saturated carbocycles. The van der Waals surface area contributed by atoms with Gasteiger partial charge in [0, 0.05) is 18.3 Å². The molecule has 0 aromatic carbocycles. The van der Waals surface area contributed by atoms with Gasteiger partial charge in [0.2, 0.25) is 0 Å². The number of hydrogen-bond acceptors (Lipinski definition) is 3. The van der Waals surface area contributed by atoms with Gasteiger partial charge < -0.3 is 0 Å². The van der Waals surface area contributed by atoms with Crippen LogP contribution in [0.1, 0.15) is 40.9 Å². The topological polar surface area (TPSA) is 47.8 Å². The van der Waals surface area contributed by atoms with Crippen molar-refractivity contribution in [2.24, 2.45) is 0 Å². The number of aryl methyl sites for hydroxylation is 1. The minimum atomic E-state index is 0.170. The van der Waals surface area contributed by atoms with Crippen molar-refractivity contribution < 1.29 is 4.79 Å². The third-order valence-electron chi connectivity index (χ3n) is 3.02. The molecule has 0 aliphatic heterocycles. The van der Waals surface area contributed by atoms with Crippen molar-refractivity contribution in [3.8, 4) is 5.82 Å². The SMILES string of the molecule is C=CCC(C)c1nn(-c2cc(C)ccn2)cc1C=O. The second-order valence-electron chi connectivity index (χ2n) is 4.65. The van der Waals surface area contributed by atoms with Crippen molar-refractivity contribution in [1.29, 1.82) is 0 Å². The van der Waals surface area contributed by atoms with Gasteiger partial charge in [0.15, 0.2) is 12.1 Å². The monoisotopic (exact) mass is 255 g/mol. The standard InChI is InChI=1S/C15H17N3O/c1-4-5-12(3)15-13(10-19)9-18(17-15)14-8-11(2)6-7-16-14/h4,6-10,12H,1,5H2,2-3H3. The predicted octanol–water partition coefficient (Wildman–Crippen LogP) is 3.07. The van der Waals surface area contributed by atoms with Crippen LogP contribution < -0.4 is 0 Å². The molecule has 0 N–H and O–H groups in total. The van der Waals surface area contributed by atoms with Crippen LogP contribution in [-0.4, -0.2) is 21.1 Å². The van der Waals surface area contributed by atoms with E-state index in [0.717, 1.165) is 29.8 Å². The molecule has 2 rings (SSSR count). The Labute approximate surface area is 112 Å². The predicted molar refractivity (Wildman–Crippen MR) is 74.7 cm³/mol. The molecule has 0 aliphatic carbocycles. The lowest BCUT2D eigenvalue weighted by molar-refractivity contribution is 0.112. The fraction of sp³-hybridized carbons (Fsp3) is 0.267. The quantitative estimate of drug-likeness (QED) is 0.609. The van der Waals surface area contributed by atoms with Gasteiger partial charge in [-0.05, 0) is 31.0 Å². The van der Waals surface area contributed by atoms with Gasteiger partial charge in [-0.25, -0.2) is 9.67 Å². The Morgan fingerprint density at radius 1 is 1.53 bits per heavy atom. The maximum absolute atomic E-state index is 11.1. The molecule has 0 spiro atoms. The molecule has 98 valence electrons. The number of pyridine rings is 1. The van der Waals surface area contributed by atoms with Crippen LogP contribution in [0.2, 0.25) is 0 Å². The van der Waals surface area contributed by atoms with Crippen molar-refractivity contribution in [1.82, 2.24) is 14.8 Å². The Bertz CT molecular complexity index is 601. The van der Waals surface area contributed by atoms with Crippen LogP contribution in [0.3, 0.4) is 0 Å². The molecule has 0 bridgehead atoms. The Morgan fingerprint density at radius 2 is 2.32 bits per heavy atom. The fourth-order valence-corrected chi connectivity index (χ4v) is 2.00. The van der Waals surface area contributed by atoms with Crippen LogP contribution in [0.25, 0.3) is 5.82 Å². The molecule has 0 aliphatic rings. The van der Waals surface area contributed by atoms with Crippen molar-refractivity contribution in [3.63, 3.8) is 0 Å². The Hall–Kier alpha value is -2.23. The molecule has 0 amide bonds. The van der Waals surface area contributed by atoms with E-state index in [4.69, 9.17) is 0 Å². The molecule has 0 saturated heterocycles. The van der Waals surface area contributed by atoms with Gasteiger partial charge in [0.05, 0.1) is 11.3 Å². The summed E-state index contributed by atoms with van der Waals surface area (Å²) in [5.41, 5.74) is 2.50. The first-order valence-corrected chi connectivity index (χ1v) is 6.24. The normalized spacial score (nSPS) is 12.1. The lowest BCUT2D eigenvalue weighted by atomic mass is 10.0. The summed E-state index contributed by atoms with van der Waals surface area (Å²) in [5.74, 6) is 0.893. The third kappa shape index (κ3) is 2.78. The van der Waals surface area contributed by atoms with E-state index in [9.17, 15) is 4.79 Å². The summed E-state index contributed by atoms with van der Waals surface area (Å²) in [7, 11) is 0. The molecule has 2 heterocycles. The first-order chi connectivity index (χ1) is 9.15. The van der Waals surface area contributed by atoms with Crippen LogP contribution >= 0.6 is 0 Å². The smallest absolute Gasteiger partial charge is 0.153 e. The summed E-state index contributed by atoms with van der Waals surface area (Å²) in [4.78, 5) is 15.4. The van der Waals surface area contributed by atoms with Crippen molar-refractivity contribution in [3.05, 3.63) is 54.0 Å². The summed E-state index contributed by atoms with van der Waals surface area (Å²) in [6.07, 6.45) is 6.93.